The summed E-state index contributed by atoms with van der Waals surface area (Å²) in [7, 11) is 0. The van der Waals surface area contributed by atoms with Gasteiger partial charge in [-0.2, -0.15) is 18.3 Å². The number of anilines is 1. The SMILES string of the molecule is CC(C)Oc1cccc2ccc(/C=N/Nc3ccc([C@H](N4CC[C@](C)(NC(=O)O)C4)C(F)(F)F)cn3)nc12. The molecule has 0 bridgehead atoms. The van der Waals surface area contributed by atoms with Crippen LogP contribution in [-0.2, 0) is 0 Å². The third-order valence-corrected chi connectivity index (χ3v) is 6.13. The van der Waals surface area contributed by atoms with E-state index in [9.17, 15) is 18.0 Å². The Labute approximate surface area is 217 Å². The number of rotatable bonds is 8. The zero-order chi connectivity index (χ0) is 27.5. The monoisotopic (exact) mass is 530 g/mol. The number of aromatic nitrogens is 2. The molecule has 3 heterocycles. The Bertz CT molecular complexity index is 1320. The van der Waals surface area contributed by atoms with Crippen molar-refractivity contribution in [2.24, 2.45) is 5.10 Å². The molecular formula is C26H29F3N6O3. The van der Waals surface area contributed by atoms with Crippen LogP contribution in [-0.4, -0.2) is 63.2 Å². The third kappa shape index (κ3) is 6.49. The average Bonchev–Trinajstić information content (AvgIpc) is 3.19. The van der Waals surface area contributed by atoms with E-state index < -0.39 is 23.9 Å². The normalized spacial score (nSPS) is 19.2. The van der Waals surface area contributed by atoms with Gasteiger partial charge in [-0.05, 0) is 51.0 Å². The molecule has 2 aromatic heterocycles. The summed E-state index contributed by atoms with van der Waals surface area (Å²) in [6, 6.07) is 10.2. The molecule has 3 N–H and O–H groups in total. The van der Waals surface area contributed by atoms with Gasteiger partial charge in [0, 0.05) is 24.7 Å². The highest BCUT2D eigenvalue weighted by molar-refractivity contribution is 5.88. The van der Waals surface area contributed by atoms with Crippen LogP contribution in [0, 0.1) is 0 Å². The number of benzene rings is 1. The van der Waals surface area contributed by atoms with Gasteiger partial charge in [0.15, 0.2) is 0 Å². The highest BCUT2D eigenvalue weighted by Crippen LogP contribution is 2.41. The lowest BCUT2D eigenvalue weighted by Gasteiger charge is -2.31. The lowest BCUT2D eigenvalue weighted by Crippen LogP contribution is -2.48. The molecule has 9 nitrogen and oxygen atoms in total. The Morgan fingerprint density at radius 2 is 2.03 bits per heavy atom. The maximum atomic E-state index is 14.0. The van der Waals surface area contributed by atoms with Crippen molar-refractivity contribution in [1.82, 2.24) is 20.2 Å². The second kappa shape index (κ2) is 10.8. The van der Waals surface area contributed by atoms with E-state index in [0.717, 1.165) is 11.6 Å². The fraction of sp³-hybridized carbons (Fsp3) is 0.385. The molecule has 38 heavy (non-hydrogen) atoms. The fourth-order valence-electron chi connectivity index (χ4n) is 4.54. The first-order valence-corrected chi connectivity index (χ1v) is 12.1. The number of carbonyl (C=O) groups is 1. The van der Waals surface area contributed by atoms with Gasteiger partial charge in [0.2, 0.25) is 0 Å². The number of hydrazone groups is 1. The number of halogens is 3. The number of hydrogen-bond acceptors (Lipinski definition) is 7. The number of likely N-dealkylation sites (tertiary alicyclic amines) is 1. The molecule has 0 radical (unpaired) electrons. The number of carboxylic acid groups (broad SMARTS) is 1. The second-order valence-electron chi connectivity index (χ2n) is 9.73. The van der Waals surface area contributed by atoms with Crippen LogP contribution in [0.4, 0.5) is 23.8 Å². The standard InChI is InChI=1S/C26H29F3N6O3/c1-16(2)38-20-6-4-5-17-7-9-19(32-22(17)20)14-31-34-21-10-8-18(13-30-21)23(26(27,28)29)35-12-11-25(3,15-35)33-24(36)37/h4-10,13-14,16,23,33H,11-12,15H2,1-3H3,(H,30,34)(H,36,37)/b31-14+/t23-,25-/m0/s1. The molecule has 3 aromatic rings. The summed E-state index contributed by atoms with van der Waals surface area (Å²) in [6.07, 6.45) is -2.94. The van der Waals surface area contributed by atoms with Crippen molar-refractivity contribution in [2.75, 3.05) is 18.5 Å². The number of para-hydroxylation sites is 1. The van der Waals surface area contributed by atoms with E-state index >= 15 is 0 Å². The summed E-state index contributed by atoms with van der Waals surface area (Å²) >= 11 is 0. The topological polar surface area (TPSA) is 112 Å². The predicted octanol–water partition coefficient (Wildman–Crippen LogP) is 5.20. The summed E-state index contributed by atoms with van der Waals surface area (Å²) in [4.78, 5) is 20.9. The van der Waals surface area contributed by atoms with E-state index in [2.05, 4.69) is 25.8 Å². The van der Waals surface area contributed by atoms with Crippen molar-refractivity contribution in [2.45, 2.75) is 51.1 Å². The summed E-state index contributed by atoms with van der Waals surface area (Å²) in [5.74, 6) is 0.920. The lowest BCUT2D eigenvalue weighted by molar-refractivity contribution is -0.184. The van der Waals surface area contributed by atoms with Gasteiger partial charge in [-0.15, -0.1) is 0 Å². The highest BCUT2D eigenvalue weighted by Gasteiger charge is 2.49. The molecule has 2 atom stereocenters. The maximum Gasteiger partial charge on any atom is 0.408 e. The van der Waals surface area contributed by atoms with Crippen molar-refractivity contribution in [3.8, 4) is 5.75 Å². The molecule has 0 aliphatic carbocycles. The van der Waals surface area contributed by atoms with Gasteiger partial charge in [0.25, 0.3) is 0 Å². The lowest BCUT2D eigenvalue weighted by atomic mass is 10.0. The van der Waals surface area contributed by atoms with E-state index in [1.807, 2.05) is 38.1 Å². The average molecular weight is 531 g/mol. The Balaban J connectivity index is 1.46. The predicted molar refractivity (Wildman–Crippen MR) is 138 cm³/mol. The van der Waals surface area contributed by atoms with Gasteiger partial charge < -0.3 is 15.2 Å². The molecule has 1 aromatic carbocycles. The molecule has 12 heteroatoms. The Morgan fingerprint density at radius 1 is 1.24 bits per heavy atom. The molecule has 4 rings (SSSR count). The first-order chi connectivity index (χ1) is 17.9. The van der Waals surface area contributed by atoms with E-state index in [0.29, 0.717) is 17.0 Å². The van der Waals surface area contributed by atoms with Crippen LogP contribution in [0.2, 0.25) is 0 Å². The Hall–Kier alpha value is -3.93. The minimum atomic E-state index is -4.57. The van der Waals surface area contributed by atoms with Gasteiger partial charge >= 0.3 is 12.3 Å². The first kappa shape index (κ1) is 27.1. The van der Waals surface area contributed by atoms with Gasteiger partial charge in [-0.25, -0.2) is 14.8 Å². The summed E-state index contributed by atoms with van der Waals surface area (Å²) < 4.78 is 47.9. The van der Waals surface area contributed by atoms with Crippen LogP contribution in [0.3, 0.4) is 0 Å². The van der Waals surface area contributed by atoms with Crippen molar-refractivity contribution in [3.63, 3.8) is 0 Å². The van der Waals surface area contributed by atoms with Crippen molar-refractivity contribution < 1.29 is 27.8 Å². The minimum Gasteiger partial charge on any atom is -0.489 e. The number of nitrogens with zero attached hydrogens (tertiary/aromatic N) is 4. The number of hydrogen-bond donors (Lipinski definition) is 3. The van der Waals surface area contributed by atoms with Gasteiger partial charge in [-0.1, -0.05) is 24.3 Å². The number of pyridine rings is 2. The van der Waals surface area contributed by atoms with Crippen molar-refractivity contribution in [1.29, 1.82) is 0 Å². The smallest absolute Gasteiger partial charge is 0.408 e. The van der Waals surface area contributed by atoms with Gasteiger partial charge in [-0.3, -0.25) is 10.3 Å². The third-order valence-electron chi connectivity index (χ3n) is 6.13. The molecule has 1 aliphatic heterocycles. The maximum absolute atomic E-state index is 14.0. The Morgan fingerprint density at radius 3 is 2.68 bits per heavy atom. The van der Waals surface area contributed by atoms with E-state index in [1.165, 1.54) is 23.2 Å². The molecule has 202 valence electrons. The minimum absolute atomic E-state index is 0.0104. The number of alkyl halides is 3. The van der Waals surface area contributed by atoms with E-state index in [4.69, 9.17) is 9.84 Å². The zero-order valence-corrected chi connectivity index (χ0v) is 21.2. The van der Waals surface area contributed by atoms with Crippen LogP contribution in [0.25, 0.3) is 10.9 Å². The number of nitrogens with one attached hydrogen (secondary N) is 2. The van der Waals surface area contributed by atoms with Crippen LogP contribution < -0.4 is 15.5 Å². The summed E-state index contributed by atoms with van der Waals surface area (Å²) in [5, 5.41) is 16.4. The number of ether oxygens (including phenoxy) is 1. The molecule has 0 spiro atoms. The zero-order valence-electron chi connectivity index (χ0n) is 21.2. The molecule has 0 saturated carbocycles. The molecular weight excluding hydrogens is 501 g/mol. The quantitative estimate of drug-likeness (QED) is 0.271. The van der Waals surface area contributed by atoms with Crippen LogP contribution in [0.15, 0.2) is 53.8 Å². The number of amides is 1. The van der Waals surface area contributed by atoms with Crippen LogP contribution in [0.1, 0.15) is 44.5 Å². The first-order valence-electron chi connectivity index (χ1n) is 12.1. The largest absolute Gasteiger partial charge is 0.489 e. The van der Waals surface area contributed by atoms with Gasteiger partial charge in [0.05, 0.1) is 23.6 Å². The molecule has 0 unspecified atom stereocenters. The molecule has 1 aliphatic rings. The molecule has 1 saturated heterocycles. The van der Waals surface area contributed by atoms with E-state index in [-0.39, 0.29) is 37.0 Å². The molecule has 1 fully saturated rings. The Kier molecular flexibility index (Phi) is 7.72. The highest BCUT2D eigenvalue weighted by atomic mass is 19.4. The summed E-state index contributed by atoms with van der Waals surface area (Å²) in [5.41, 5.74) is 2.97. The summed E-state index contributed by atoms with van der Waals surface area (Å²) in [6.45, 7) is 5.48. The van der Waals surface area contributed by atoms with Crippen molar-refractivity contribution in [3.05, 3.63) is 59.9 Å². The number of fused-ring (bicyclic) bond motifs is 1. The van der Waals surface area contributed by atoms with E-state index in [1.54, 1.807) is 13.0 Å². The van der Waals surface area contributed by atoms with Crippen LogP contribution in [0.5, 0.6) is 5.75 Å². The second-order valence-corrected chi connectivity index (χ2v) is 9.73. The molecule has 1 amide bonds. The van der Waals surface area contributed by atoms with Gasteiger partial charge in [0.1, 0.15) is 23.1 Å². The van der Waals surface area contributed by atoms with Crippen LogP contribution >= 0.6 is 0 Å². The van der Waals surface area contributed by atoms with Crippen molar-refractivity contribution >= 4 is 29.0 Å². The fourth-order valence-corrected chi connectivity index (χ4v) is 4.54.